The van der Waals surface area contributed by atoms with Gasteiger partial charge in [0.25, 0.3) is 0 Å². The van der Waals surface area contributed by atoms with Gasteiger partial charge in [0.05, 0.1) is 7.11 Å². The Bertz CT molecular complexity index is 1080. The monoisotopic (exact) mass is 422 g/mol. The van der Waals surface area contributed by atoms with Gasteiger partial charge >= 0.3 is 5.63 Å². The Morgan fingerprint density at radius 2 is 1.94 bits per heavy atom. The molecular formula is C25H30N2O4. The first-order chi connectivity index (χ1) is 15.0. The molecule has 0 saturated heterocycles. The number of rotatable bonds is 10. The van der Waals surface area contributed by atoms with Crippen LogP contribution in [0.3, 0.4) is 0 Å². The van der Waals surface area contributed by atoms with Crippen LogP contribution in [-0.4, -0.2) is 32.7 Å². The van der Waals surface area contributed by atoms with Gasteiger partial charge in [-0.05, 0) is 56.5 Å². The normalized spacial score (nSPS) is 10.8. The van der Waals surface area contributed by atoms with Crippen molar-refractivity contribution < 1.29 is 13.9 Å². The largest absolute Gasteiger partial charge is 0.497 e. The third-order valence-corrected chi connectivity index (χ3v) is 5.53. The fraction of sp³-hybridized carbons (Fsp3) is 0.360. The number of anilines is 1. The first kappa shape index (κ1) is 22.4. The second kappa shape index (κ2) is 10.7. The van der Waals surface area contributed by atoms with Crippen molar-refractivity contribution in [2.24, 2.45) is 0 Å². The molecule has 0 spiro atoms. The molecule has 6 heteroatoms. The van der Waals surface area contributed by atoms with Crippen molar-refractivity contribution in [3.8, 4) is 5.75 Å². The number of fused-ring (bicyclic) bond motifs is 1. The van der Waals surface area contributed by atoms with E-state index in [-0.39, 0.29) is 12.3 Å². The molecule has 6 nitrogen and oxygen atoms in total. The van der Waals surface area contributed by atoms with Crippen LogP contribution < -0.4 is 20.6 Å². The number of aryl methyl sites for hydroxylation is 1. The van der Waals surface area contributed by atoms with Gasteiger partial charge < -0.3 is 19.4 Å². The lowest BCUT2D eigenvalue weighted by Gasteiger charge is -2.23. The van der Waals surface area contributed by atoms with Crippen molar-refractivity contribution in [2.75, 3.05) is 31.6 Å². The number of methoxy groups -OCH3 is 1. The maximum atomic E-state index is 12.4. The highest BCUT2D eigenvalue weighted by atomic mass is 16.5. The molecule has 0 saturated carbocycles. The third-order valence-electron chi connectivity index (χ3n) is 5.53. The van der Waals surface area contributed by atoms with E-state index in [1.54, 1.807) is 13.2 Å². The summed E-state index contributed by atoms with van der Waals surface area (Å²) in [4.78, 5) is 27.0. The Morgan fingerprint density at radius 3 is 2.65 bits per heavy atom. The van der Waals surface area contributed by atoms with Crippen LogP contribution in [0.15, 0.2) is 57.7 Å². The van der Waals surface area contributed by atoms with E-state index < -0.39 is 5.63 Å². The summed E-state index contributed by atoms with van der Waals surface area (Å²) in [6.45, 7) is 6.41. The van der Waals surface area contributed by atoms with E-state index in [4.69, 9.17) is 9.15 Å². The summed E-state index contributed by atoms with van der Waals surface area (Å²) >= 11 is 0. The van der Waals surface area contributed by atoms with Crippen LogP contribution in [-0.2, 0) is 11.2 Å². The molecule has 0 fully saturated rings. The lowest BCUT2D eigenvalue weighted by molar-refractivity contribution is -0.121. The lowest BCUT2D eigenvalue weighted by Crippen LogP contribution is -2.30. The zero-order valence-corrected chi connectivity index (χ0v) is 18.4. The van der Waals surface area contributed by atoms with Crippen molar-refractivity contribution in [3.63, 3.8) is 0 Å². The molecule has 0 bridgehead atoms. The van der Waals surface area contributed by atoms with Crippen LogP contribution in [0.5, 0.6) is 5.75 Å². The molecule has 0 radical (unpaired) electrons. The van der Waals surface area contributed by atoms with Gasteiger partial charge in [-0.15, -0.1) is 0 Å². The Kier molecular flexibility index (Phi) is 7.70. The van der Waals surface area contributed by atoms with Crippen molar-refractivity contribution >= 4 is 22.6 Å². The number of nitrogens with one attached hydrogen (secondary N) is 1. The Labute approximate surface area is 182 Å². The Morgan fingerprint density at radius 1 is 1.16 bits per heavy atom. The van der Waals surface area contributed by atoms with Gasteiger partial charge in [-0.3, -0.25) is 4.79 Å². The molecule has 3 aromatic rings. The second-order valence-corrected chi connectivity index (χ2v) is 7.47. The van der Waals surface area contributed by atoms with Crippen molar-refractivity contribution in [3.05, 3.63) is 70.1 Å². The number of hydrogen-bond donors (Lipinski definition) is 1. The maximum absolute atomic E-state index is 12.4. The average molecular weight is 423 g/mol. The van der Waals surface area contributed by atoms with Crippen LogP contribution in [0.2, 0.25) is 0 Å². The summed E-state index contributed by atoms with van der Waals surface area (Å²) in [5.74, 6) is 0.576. The zero-order valence-electron chi connectivity index (χ0n) is 18.4. The predicted octanol–water partition coefficient (Wildman–Crippen LogP) is 4.08. The number of amides is 1. The highest BCUT2D eigenvalue weighted by Crippen LogP contribution is 2.24. The number of carbonyl (C=O) groups is 1. The molecule has 0 aliphatic rings. The first-order valence-electron chi connectivity index (χ1n) is 10.7. The van der Waals surface area contributed by atoms with Crippen LogP contribution in [0.25, 0.3) is 11.0 Å². The van der Waals surface area contributed by atoms with E-state index in [0.717, 1.165) is 30.5 Å². The Balaban J connectivity index is 1.51. The summed E-state index contributed by atoms with van der Waals surface area (Å²) < 4.78 is 10.6. The maximum Gasteiger partial charge on any atom is 0.339 e. The fourth-order valence-corrected chi connectivity index (χ4v) is 3.72. The van der Waals surface area contributed by atoms with E-state index in [0.29, 0.717) is 29.9 Å². The summed E-state index contributed by atoms with van der Waals surface area (Å²) in [6, 6.07) is 15.7. The minimum absolute atomic E-state index is 0.0589. The fourth-order valence-electron chi connectivity index (χ4n) is 3.72. The number of carbonyl (C=O) groups excluding carboxylic acids is 1. The molecular weight excluding hydrogens is 392 g/mol. The molecule has 0 atom stereocenters. The van der Waals surface area contributed by atoms with Crippen molar-refractivity contribution in [1.82, 2.24) is 5.32 Å². The van der Waals surface area contributed by atoms with Crippen LogP contribution >= 0.6 is 0 Å². The summed E-state index contributed by atoms with van der Waals surface area (Å²) in [7, 11) is 1.57. The molecule has 3 rings (SSSR count). The standard InChI is InChI=1S/C25H30N2O4/c1-4-27(19-9-6-5-7-10-19)16-8-15-26-24(28)14-13-22-18(2)21-12-11-20(30-3)17-23(21)31-25(22)29/h5-7,9-12,17H,4,8,13-16H2,1-3H3,(H,26,28). The van der Waals surface area contributed by atoms with Crippen LogP contribution in [0.4, 0.5) is 5.69 Å². The first-order valence-corrected chi connectivity index (χ1v) is 10.7. The smallest absolute Gasteiger partial charge is 0.339 e. The number of nitrogens with zero attached hydrogens (tertiary/aromatic N) is 1. The molecule has 31 heavy (non-hydrogen) atoms. The minimum atomic E-state index is -0.396. The summed E-state index contributed by atoms with van der Waals surface area (Å²) in [5.41, 5.74) is 2.69. The zero-order chi connectivity index (χ0) is 22.2. The van der Waals surface area contributed by atoms with E-state index >= 15 is 0 Å². The van der Waals surface area contributed by atoms with E-state index in [9.17, 15) is 9.59 Å². The van der Waals surface area contributed by atoms with Gasteiger partial charge in [-0.2, -0.15) is 0 Å². The van der Waals surface area contributed by atoms with E-state index in [2.05, 4.69) is 29.3 Å². The number of benzene rings is 2. The highest BCUT2D eigenvalue weighted by Gasteiger charge is 2.13. The molecule has 1 N–H and O–H groups in total. The number of para-hydroxylation sites is 1. The van der Waals surface area contributed by atoms with Gasteiger partial charge in [0, 0.05) is 48.8 Å². The number of ether oxygens (including phenoxy) is 1. The van der Waals surface area contributed by atoms with Crippen molar-refractivity contribution in [1.29, 1.82) is 0 Å². The minimum Gasteiger partial charge on any atom is -0.497 e. The van der Waals surface area contributed by atoms with Crippen LogP contribution in [0, 0.1) is 6.92 Å². The molecule has 0 aliphatic heterocycles. The lowest BCUT2D eigenvalue weighted by atomic mass is 10.0. The molecule has 1 amide bonds. The molecule has 1 aromatic heterocycles. The second-order valence-electron chi connectivity index (χ2n) is 7.47. The summed E-state index contributed by atoms with van der Waals surface area (Å²) in [5, 5.41) is 3.82. The quantitative estimate of drug-likeness (QED) is 0.394. The SMILES string of the molecule is CCN(CCCNC(=O)CCc1c(C)c2ccc(OC)cc2oc1=O)c1ccccc1. The van der Waals surface area contributed by atoms with Gasteiger partial charge in [0.15, 0.2) is 0 Å². The topological polar surface area (TPSA) is 71.8 Å². The van der Waals surface area contributed by atoms with Crippen molar-refractivity contribution in [2.45, 2.75) is 33.1 Å². The Hall–Kier alpha value is -3.28. The molecule has 0 unspecified atom stereocenters. The van der Waals surface area contributed by atoms with Gasteiger partial charge in [0.1, 0.15) is 11.3 Å². The third kappa shape index (κ3) is 5.66. The predicted molar refractivity (Wildman–Crippen MR) is 124 cm³/mol. The summed E-state index contributed by atoms with van der Waals surface area (Å²) in [6.07, 6.45) is 1.46. The highest BCUT2D eigenvalue weighted by molar-refractivity contribution is 5.82. The molecule has 1 heterocycles. The van der Waals surface area contributed by atoms with E-state index in [1.165, 1.54) is 5.69 Å². The van der Waals surface area contributed by atoms with Gasteiger partial charge in [0.2, 0.25) is 5.91 Å². The molecule has 0 aliphatic carbocycles. The van der Waals surface area contributed by atoms with Crippen LogP contribution in [0.1, 0.15) is 30.9 Å². The molecule has 164 valence electrons. The molecule has 2 aromatic carbocycles. The van der Waals surface area contributed by atoms with Gasteiger partial charge in [-0.25, -0.2) is 4.79 Å². The van der Waals surface area contributed by atoms with Gasteiger partial charge in [-0.1, -0.05) is 18.2 Å². The average Bonchev–Trinajstić information content (AvgIpc) is 2.79. The number of hydrogen-bond acceptors (Lipinski definition) is 5. The van der Waals surface area contributed by atoms with E-state index in [1.807, 2.05) is 37.3 Å².